The molecule has 0 N–H and O–H groups in total. The number of likely N-dealkylation sites (tertiary alicyclic amines) is 1. The van der Waals surface area contributed by atoms with Crippen molar-refractivity contribution >= 4 is 52.0 Å². The van der Waals surface area contributed by atoms with E-state index in [-0.39, 0.29) is 17.9 Å². The van der Waals surface area contributed by atoms with E-state index in [9.17, 15) is 9.59 Å². The van der Waals surface area contributed by atoms with Crippen molar-refractivity contribution in [3.05, 3.63) is 52.7 Å². The number of para-hydroxylation sites is 1. The number of anilines is 1. The summed E-state index contributed by atoms with van der Waals surface area (Å²) in [6.45, 7) is 1.91. The van der Waals surface area contributed by atoms with E-state index in [0.717, 1.165) is 23.4 Å². The number of nitrogens with zero attached hydrogens (tertiary/aromatic N) is 2. The van der Waals surface area contributed by atoms with E-state index in [0.29, 0.717) is 19.6 Å². The fourth-order valence-electron chi connectivity index (χ4n) is 3.13. The first-order chi connectivity index (χ1) is 12.2. The van der Waals surface area contributed by atoms with Crippen molar-refractivity contribution in [2.45, 2.75) is 12.8 Å². The lowest BCUT2D eigenvalue weighted by Crippen LogP contribution is -2.44. The average molecular weight is 470 g/mol. The molecule has 1 saturated heterocycles. The van der Waals surface area contributed by atoms with Gasteiger partial charge in [0, 0.05) is 25.3 Å². The molecule has 0 bridgehead atoms. The molecule has 0 spiro atoms. The van der Waals surface area contributed by atoms with Crippen LogP contribution >= 0.6 is 34.3 Å². The number of rotatable bonds is 4. The summed E-state index contributed by atoms with van der Waals surface area (Å²) in [4.78, 5) is 29.1. The van der Waals surface area contributed by atoms with E-state index in [1.54, 1.807) is 27.9 Å². The third-order valence-electron chi connectivity index (χ3n) is 4.33. The van der Waals surface area contributed by atoms with E-state index in [4.69, 9.17) is 3.07 Å². The molecule has 0 aliphatic carbocycles. The van der Waals surface area contributed by atoms with E-state index in [1.807, 2.05) is 52.7 Å². The molecular weight excluding hydrogens is 451 g/mol. The van der Waals surface area contributed by atoms with Crippen LogP contribution in [0.15, 0.2) is 47.8 Å². The highest BCUT2D eigenvalue weighted by Gasteiger charge is 2.28. The standard InChI is InChI=1S/C18H19IN2O3S/c19-24-18(23)20-10-4-6-14(12-20)13-21(15-7-2-1-3-8-15)17(22)16-9-5-11-25-16/h1-3,5,7-9,11,14H,4,6,10,12-13H2. The van der Waals surface area contributed by atoms with Crippen molar-refractivity contribution in [1.82, 2.24) is 4.90 Å². The lowest BCUT2D eigenvalue weighted by atomic mass is 9.97. The second kappa shape index (κ2) is 8.66. The third-order valence-corrected chi connectivity index (χ3v) is 5.56. The Morgan fingerprint density at radius 2 is 2.04 bits per heavy atom. The predicted molar refractivity (Wildman–Crippen MR) is 107 cm³/mol. The van der Waals surface area contributed by atoms with E-state index in [1.165, 1.54) is 11.3 Å². The van der Waals surface area contributed by atoms with Crippen LogP contribution in [-0.2, 0) is 3.07 Å². The molecule has 7 heteroatoms. The zero-order chi connectivity index (χ0) is 17.6. The van der Waals surface area contributed by atoms with Gasteiger partial charge in [-0.15, -0.1) is 11.3 Å². The lowest BCUT2D eigenvalue weighted by molar-refractivity contribution is 0.0978. The van der Waals surface area contributed by atoms with Gasteiger partial charge in [-0.1, -0.05) is 24.3 Å². The Kier molecular flexibility index (Phi) is 6.30. The number of carbonyl (C=O) groups is 2. The quantitative estimate of drug-likeness (QED) is 0.615. The summed E-state index contributed by atoms with van der Waals surface area (Å²) in [7, 11) is 0. The summed E-state index contributed by atoms with van der Waals surface area (Å²) < 4.78 is 4.81. The van der Waals surface area contributed by atoms with Crippen LogP contribution < -0.4 is 4.90 Å². The number of benzene rings is 1. The number of halogens is 1. The van der Waals surface area contributed by atoms with Crippen LogP contribution in [0.25, 0.3) is 0 Å². The lowest BCUT2D eigenvalue weighted by Gasteiger charge is -2.34. The number of hydrogen-bond acceptors (Lipinski definition) is 4. The minimum absolute atomic E-state index is 0.00907. The molecule has 1 aromatic carbocycles. The molecule has 1 unspecified atom stereocenters. The molecule has 5 nitrogen and oxygen atoms in total. The van der Waals surface area contributed by atoms with Gasteiger partial charge < -0.3 is 12.9 Å². The number of thiophene rings is 1. The average Bonchev–Trinajstić information content (AvgIpc) is 3.20. The Balaban J connectivity index is 1.78. The van der Waals surface area contributed by atoms with Crippen molar-refractivity contribution in [3.8, 4) is 0 Å². The first-order valence-electron chi connectivity index (χ1n) is 8.17. The van der Waals surface area contributed by atoms with Crippen molar-refractivity contribution in [2.24, 2.45) is 5.92 Å². The van der Waals surface area contributed by atoms with Gasteiger partial charge in [-0.05, 0) is 42.3 Å². The maximum absolute atomic E-state index is 13.0. The van der Waals surface area contributed by atoms with Gasteiger partial charge in [0.05, 0.1) is 4.88 Å². The van der Waals surface area contributed by atoms with Crippen LogP contribution in [0.4, 0.5) is 10.5 Å². The summed E-state index contributed by atoms with van der Waals surface area (Å²) >= 11 is 3.07. The molecule has 25 heavy (non-hydrogen) atoms. The molecule has 1 atom stereocenters. The minimum Gasteiger partial charge on any atom is -0.378 e. The molecule has 1 aliphatic rings. The zero-order valence-electron chi connectivity index (χ0n) is 13.6. The Hall–Kier alpha value is -1.61. The molecule has 0 saturated carbocycles. The molecule has 0 radical (unpaired) electrons. The van der Waals surface area contributed by atoms with Crippen molar-refractivity contribution < 1.29 is 12.7 Å². The second-order valence-corrected chi connectivity index (χ2v) is 7.41. The van der Waals surface area contributed by atoms with Crippen LogP contribution in [-0.4, -0.2) is 36.5 Å². The Morgan fingerprint density at radius 3 is 2.72 bits per heavy atom. The monoisotopic (exact) mass is 470 g/mol. The number of hydrogen-bond donors (Lipinski definition) is 0. The van der Waals surface area contributed by atoms with Gasteiger partial charge in [-0.3, -0.25) is 4.79 Å². The summed E-state index contributed by atoms with van der Waals surface area (Å²) in [6.07, 6.45) is 1.61. The number of piperidine rings is 1. The van der Waals surface area contributed by atoms with E-state index in [2.05, 4.69) is 0 Å². The van der Waals surface area contributed by atoms with Crippen molar-refractivity contribution in [2.75, 3.05) is 24.5 Å². The van der Waals surface area contributed by atoms with E-state index < -0.39 is 0 Å². The maximum atomic E-state index is 13.0. The summed E-state index contributed by atoms with van der Waals surface area (Å²) in [6, 6.07) is 13.4. The van der Waals surface area contributed by atoms with Gasteiger partial charge in [-0.25, -0.2) is 4.79 Å². The van der Waals surface area contributed by atoms with Gasteiger partial charge in [0.15, 0.2) is 23.0 Å². The first kappa shape index (κ1) is 18.2. The Bertz CT molecular complexity index is 708. The normalized spacial score (nSPS) is 17.2. The molecular formula is C18H19IN2O3S. The summed E-state index contributed by atoms with van der Waals surface area (Å²) in [5.41, 5.74) is 0.884. The molecule has 3 rings (SSSR count). The summed E-state index contributed by atoms with van der Waals surface area (Å²) in [5, 5.41) is 1.91. The highest BCUT2D eigenvalue weighted by molar-refractivity contribution is 14.1. The number of carbonyl (C=O) groups excluding carboxylic acids is 2. The zero-order valence-corrected chi connectivity index (χ0v) is 16.6. The van der Waals surface area contributed by atoms with Gasteiger partial charge in [0.1, 0.15) is 0 Å². The van der Waals surface area contributed by atoms with Crippen LogP contribution in [0, 0.1) is 5.92 Å². The van der Waals surface area contributed by atoms with Crippen LogP contribution in [0.1, 0.15) is 22.5 Å². The van der Waals surface area contributed by atoms with E-state index >= 15 is 0 Å². The Morgan fingerprint density at radius 1 is 1.24 bits per heavy atom. The molecule has 132 valence electrons. The van der Waals surface area contributed by atoms with Crippen LogP contribution in [0.2, 0.25) is 0 Å². The van der Waals surface area contributed by atoms with Crippen molar-refractivity contribution in [1.29, 1.82) is 0 Å². The number of amides is 2. The summed E-state index contributed by atoms with van der Waals surface area (Å²) in [5.74, 6) is 0.239. The highest BCUT2D eigenvalue weighted by atomic mass is 127. The SMILES string of the molecule is O=C(OI)N1CCCC(CN(C(=O)c2cccs2)c2ccccc2)C1. The van der Waals surface area contributed by atoms with Crippen molar-refractivity contribution in [3.63, 3.8) is 0 Å². The molecule has 2 heterocycles. The predicted octanol–water partition coefficient (Wildman–Crippen LogP) is 4.59. The largest absolute Gasteiger partial charge is 0.419 e. The van der Waals surface area contributed by atoms with Gasteiger partial charge in [0.25, 0.3) is 5.91 Å². The minimum atomic E-state index is -0.304. The fourth-order valence-corrected chi connectivity index (χ4v) is 4.08. The highest BCUT2D eigenvalue weighted by Crippen LogP contribution is 2.25. The van der Waals surface area contributed by atoms with Gasteiger partial charge >= 0.3 is 6.09 Å². The molecule has 1 aromatic heterocycles. The smallest absolute Gasteiger partial charge is 0.378 e. The van der Waals surface area contributed by atoms with Gasteiger partial charge in [0.2, 0.25) is 0 Å². The molecule has 2 aromatic rings. The van der Waals surface area contributed by atoms with Crippen LogP contribution in [0.3, 0.4) is 0 Å². The molecule has 2 amide bonds. The van der Waals surface area contributed by atoms with Crippen LogP contribution in [0.5, 0.6) is 0 Å². The topological polar surface area (TPSA) is 49.9 Å². The fraction of sp³-hybridized carbons (Fsp3) is 0.333. The molecule has 1 fully saturated rings. The second-order valence-electron chi connectivity index (χ2n) is 6.03. The third kappa shape index (κ3) is 4.52. The first-order valence-corrected chi connectivity index (χ1v) is 9.93. The molecule has 1 aliphatic heterocycles. The maximum Gasteiger partial charge on any atom is 0.419 e. The van der Waals surface area contributed by atoms with Gasteiger partial charge in [-0.2, -0.15) is 0 Å². The Labute approximate surface area is 165 Å².